The van der Waals surface area contributed by atoms with Gasteiger partial charge in [0.05, 0.1) is 0 Å². The van der Waals surface area contributed by atoms with Crippen LogP contribution in [0.2, 0.25) is 0 Å². The fourth-order valence-electron chi connectivity index (χ4n) is 1.69. The number of nitrogens with one attached hydrogen (secondary N) is 1. The molecule has 1 N–H and O–H groups in total. The Hall–Kier alpha value is -0.270. The SMILES string of the molecule is CNC(=O)C(C)SC(C)P1(C)(C)C=CC=C1. The Labute approximate surface area is 103 Å². The van der Waals surface area contributed by atoms with Crippen molar-refractivity contribution in [3.63, 3.8) is 0 Å². The molecule has 2 atom stereocenters. The van der Waals surface area contributed by atoms with Crippen molar-refractivity contribution in [3.8, 4) is 0 Å². The van der Waals surface area contributed by atoms with Crippen LogP contribution >= 0.6 is 18.4 Å². The van der Waals surface area contributed by atoms with Crippen LogP contribution in [-0.2, 0) is 4.79 Å². The summed E-state index contributed by atoms with van der Waals surface area (Å²) in [6.07, 6.45) is 4.28. The summed E-state index contributed by atoms with van der Waals surface area (Å²) >= 11 is 1.77. The molecule has 1 amide bonds. The molecule has 0 fully saturated rings. The van der Waals surface area contributed by atoms with Gasteiger partial charge in [-0.15, -0.1) is 0 Å². The number of hydrogen-bond donors (Lipinski definition) is 1. The van der Waals surface area contributed by atoms with E-state index in [0.29, 0.717) is 4.99 Å². The second-order valence-corrected chi connectivity index (χ2v) is 13.4. The first-order chi connectivity index (χ1) is 7.28. The van der Waals surface area contributed by atoms with Crippen LogP contribution in [0.25, 0.3) is 0 Å². The Morgan fingerprint density at radius 3 is 2.19 bits per heavy atom. The summed E-state index contributed by atoms with van der Waals surface area (Å²) in [5.74, 6) is 4.81. The molecule has 1 aliphatic heterocycles. The molecular formula is C12H22NOPS. The molecule has 4 heteroatoms. The summed E-state index contributed by atoms with van der Waals surface area (Å²) in [6, 6.07) is 0. The van der Waals surface area contributed by atoms with Gasteiger partial charge in [0.25, 0.3) is 0 Å². The van der Waals surface area contributed by atoms with Crippen LogP contribution in [0.4, 0.5) is 0 Å². The molecule has 1 heterocycles. The van der Waals surface area contributed by atoms with E-state index in [9.17, 15) is 4.79 Å². The second-order valence-electron chi connectivity index (χ2n) is 5.12. The molecule has 0 radical (unpaired) electrons. The van der Waals surface area contributed by atoms with Crippen LogP contribution in [-0.4, -0.2) is 36.5 Å². The Balaban J connectivity index is 2.73. The summed E-state index contributed by atoms with van der Waals surface area (Å²) in [5.41, 5.74) is 0. The molecule has 2 nitrogen and oxygen atoms in total. The summed E-state index contributed by atoms with van der Waals surface area (Å²) < 4.78 is 0. The number of thioether (sulfide) groups is 1. The van der Waals surface area contributed by atoms with Crippen molar-refractivity contribution < 1.29 is 4.79 Å². The molecule has 0 bridgehead atoms. The molecule has 0 aromatic rings. The molecule has 2 unspecified atom stereocenters. The molecule has 1 rings (SSSR count). The average molecular weight is 259 g/mol. The van der Waals surface area contributed by atoms with E-state index in [1.165, 1.54) is 0 Å². The van der Waals surface area contributed by atoms with Gasteiger partial charge in [0.15, 0.2) is 0 Å². The third kappa shape index (κ3) is 2.70. The monoisotopic (exact) mass is 259 g/mol. The van der Waals surface area contributed by atoms with Gasteiger partial charge >= 0.3 is 103 Å². The zero-order valence-electron chi connectivity index (χ0n) is 10.7. The zero-order valence-corrected chi connectivity index (χ0v) is 12.4. The Morgan fingerprint density at radius 2 is 1.75 bits per heavy atom. The van der Waals surface area contributed by atoms with Crippen LogP contribution in [0.5, 0.6) is 0 Å². The Kier molecular flexibility index (Phi) is 3.91. The van der Waals surface area contributed by atoms with Crippen molar-refractivity contribution in [3.05, 3.63) is 23.8 Å². The number of hydrogen-bond acceptors (Lipinski definition) is 2. The average Bonchev–Trinajstić information content (AvgIpc) is 2.60. The van der Waals surface area contributed by atoms with Gasteiger partial charge in [-0.25, -0.2) is 0 Å². The Bertz CT molecular complexity index is 333. The van der Waals surface area contributed by atoms with Crippen molar-refractivity contribution >= 4 is 24.3 Å². The van der Waals surface area contributed by atoms with Gasteiger partial charge in [-0.3, -0.25) is 0 Å². The fourth-order valence-corrected chi connectivity index (χ4v) is 6.89. The first-order valence-electron chi connectivity index (χ1n) is 5.54. The van der Waals surface area contributed by atoms with E-state index in [0.717, 1.165) is 0 Å². The zero-order chi connectivity index (χ0) is 12.4. The van der Waals surface area contributed by atoms with E-state index in [4.69, 9.17) is 0 Å². The molecule has 0 saturated heterocycles. The van der Waals surface area contributed by atoms with Gasteiger partial charge in [-0.2, -0.15) is 0 Å². The second kappa shape index (κ2) is 4.54. The number of rotatable bonds is 4. The Morgan fingerprint density at radius 1 is 1.25 bits per heavy atom. The molecule has 0 spiro atoms. The van der Waals surface area contributed by atoms with Gasteiger partial charge in [0.1, 0.15) is 0 Å². The van der Waals surface area contributed by atoms with E-state index in [1.54, 1.807) is 18.8 Å². The van der Waals surface area contributed by atoms with Crippen molar-refractivity contribution in [1.29, 1.82) is 0 Å². The summed E-state index contributed by atoms with van der Waals surface area (Å²) in [5, 5.41) is 2.72. The maximum atomic E-state index is 11.5. The first-order valence-corrected chi connectivity index (χ1v) is 9.82. The molecule has 1 aliphatic rings. The number of carbonyl (C=O) groups excluding carboxylic acids is 1. The summed E-state index contributed by atoms with van der Waals surface area (Å²) in [4.78, 5) is 12.0. The molecule has 16 heavy (non-hydrogen) atoms. The molecule has 0 aliphatic carbocycles. The van der Waals surface area contributed by atoms with E-state index in [-0.39, 0.29) is 11.2 Å². The van der Waals surface area contributed by atoms with Crippen molar-refractivity contribution in [2.24, 2.45) is 0 Å². The normalized spacial score (nSPS) is 26.7. The summed E-state index contributed by atoms with van der Waals surface area (Å²) in [7, 11) is 1.69. The molecule has 0 saturated carbocycles. The van der Waals surface area contributed by atoms with E-state index < -0.39 is 6.60 Å². The maximum absolute atomic E-state index is 11.5. The molecule has 0 aromatic carbocycles. The van der Waals surface area contributed by atoms with E-state index >= 15 is 0 Å². The first kappa shape index (κ1) is 13.8. The van der Waals surface area contributed by atoms with Gasteiger partial charge in [-0.05, 0) is 0 Å². The summed E-state index contributed by atoms with van der Waals surface area (Å²) in [6.45, 7) is 7.05. The van der Waals surface area contributed by atoms with E-state index in [1.807, 2.05) is 6.92 Å². The van der Waals surface area contributed by atoms with Crippen molar-refractivity contribution in [2.45, 2.75) is 24.1 Å². The quantitative estimate of drug-likeness (QED) is 0.786. The standard InChI is InChI=1S/C12H22NOPS/c1-10(12(14)13-3)16-11(2)15(4,5)8-6-7-9-15/h6-11H,1-5H3,(H,13,14). The minimum absolute atomic E-state index is 0.0151. The molecule has 92 valence electrons. The van der Waals surface area contributed by atoms with Crippen LogP contribution in [0, 0.1) is 0 Å². The van der Waals surface area contributed by atoms with Crippen LogP contribution in [0.3, 0.4) is 0 Å². The van der Waals surface area contributed by atoms with Crippen LogP contribution in [0.1, 0.15) is 13.8 Å². The topological polar surface area (TPSA) is 29.1 Å². The minimum atomic E-state index is -1.86. The van der Waals surface area contributed by atoms with Gasteiger partial charge < -0.3 is 0 Å². The van der Waals surface area contributed by atoms with Crippen LogP contribution < -0.4 is 5.32 Å². The van der Waals surface area contributed by atoms with Gasteiger partial charge in [0.2, 0.25) is 0 Å². The third-order valence-corrected chi connectivity index (χ3v) is 11.3. The fraction of sp³-hybridized carbons (Fsp3) is 0.583. The van der Waals surface area contributed by atoms with E-state index in [2.05, 4.69) is 49.4 Å². The number of allylic oxidation sites excluding steroid dienone is 2. The third-order valence-electron chi connectivity index (χ3n) is 3.39. The number of amides is 1. The number of carbonyl (C=O) groups is 1. The van der Waals surface area contributed by atoms with Gasteiger partial charge in [0, 0.05) is 0 Å². The van der Waals surface area contributed by atoms with Crippen molar-refractivity contribution in [1.82, 2.24) is 5.32 Å². The van der Waals surface area contributed by atoms with Crippen LogP contribution in [0.15, 0.2) is 23.8 Å². The predicted octanol–water partition coefficient (Wildman–Crippen LogP) is 3.05. The molecule has 0 aromatic heterocycles. The van der Waals surface area contributed by atoms with Gasteiger partial charge in [-0.1, -0.05) is 0 Å². The predicted molar refractivity (Wildman–Crippen MR) is 77.6 cm³/mol. The van der Waals surface area contributed by atoms with Crippen molar-refractivity contribution in [2.75, 3.05) is 20.4 Å². The molecular weight excluding hydrogens is 237 g/mol.